The van der Waals surface area contributed by atoms with Crippen molar-refractivity contribution in [3.05, 3.63) is 34.4 Å². The van der Waals surface area contributed by atoms with Gasteiger partial charge in [-0.3, -0.25) is 0 Å². The van der Waals surface area contributed by atoms with E-state index in [2.05, 4.69) is 106 Å². The molecule has 2 nitrogen and oxygen atoms in total. The zero-order chi connectivity index (χ0) is 27.2. The minimum atomic E-state index is -0.158. The molecule has 0 saturated heterocycles. The molecule has 0 amide bonds. The monoisotopic (exact) mass is 624 g/mol. The van der Waals surface area contributed by atoms with Gasteiger partial charge < -0.3 is 4.74 Å². The fraction of sp³-hybridized carbons (Fsp3) is 0.781. The molecule has 204 valence electrons. The number of esters is 1. The topological polar surface area (TPSA) is 26.3 Å². The molecule has 4 heteroatoms. The Hall–Kier alpha value is -0.350. The van der Waals surface area contributed by atoms with Crippen LogP contribution in [0.3, 0.4) is 0 Å². The molecule has 0 aromatic heterocycles. The van der Waals surface area contributed by atoms with Crippen LogP contribution in [0.25, 0.3) is 0 Å². The second kappa shape index (κ2) is 11.0. The summed E-state index contributed by atoms with van der Waals surface area (Å²) in [5, 5.41) is 0. The molecule has 0 heterocycles. The number of benzene rings is 1. The Balaban J connectivity index is 2.35. The number of rotatable bonds is 5. The maximum atomic E-state index is 13.7. The van der Waals surface area contributed by atoms with Crippen molar-refractivity contribution in [2.45, 2.75) is 127 Å². The zero-order valence-corrected chi connectivity index (χ0v) is 27.6. The van der Waals surface area contributed by atoms with E-state index in [-0.39, 0.29) is 20.0 Å². The lowest BCUT2D eigenvalue weighted by molar-refractivity contribution is 0.0592. The van der Waals surface area contributed by atoms with Gasteiger partial charge in [0.2, 0.25) is 0 Å². The third-order valence-electron chi connectivity index (χ3n) is 9.29. The number of methoxy groups -OCH3 is 1. The van der Waals surface area contributed by atoms with E-state index in [1.807, 2.05) is 0 Å². The standard InChI is InChI=1S/C32H50Br2O2/c1-19(2)22-11-13-31(8,33)17-26(22)24-15-21(30(5,6)7)16-25(28(24)29(35)36-10)27-18-32(9,34)14-12-23(27)20(3)4/h15-16,19-20,22-23,26-27H,11-14,17-18H2,1-10H3. The van der Waals surface area contributed by atoms with Crippen LogP contribution in [0.4, 0.5) is 0 Å². The minimum absolute atomic E-state index is 0.00243. The summed E-state index contributed by atoms with van der Waals surface area (Å²) in [5.74, 6) is 2.73. The summed E-state index contributed by atoms with van der Waals surface area (Å²) in [6, 6.07) is 4.76. The maximum Gasteiger partial charge on any atom is 0.338 e. The van der Waals surface area contributed by atoms with E-state index in [9.17, 15) is 4.79 Å². The van der Waals surface area contributed by atoms with Crippen molar-refractivity contribution in [1.29, 1.82) is 0 Å². The highest BCUT2D eigenvalue weighted by atomic mass is 79.9. The number of alkyl halides is 2. The summed E-state index contributed by atoms with van der Waals surface area (Å²) in [5.41, 5.74) is 4.67. The number of halogens is 2. The Bertz CT molecular complexity index is 879. The summed E-state index contributed by atoms with van der Waals surface area (Å²) in [6.45, 7) is 21.0. The molecule has 1 aromatic carbocycles. The van der Waals surface area contributed by atoms with E-state index < -0.39 is 0 Å². The van der Waals surface area contributed by atoms with Crippen molar-refractivity contribution in [3.8, 4) is 0 Å². The van der Waals surface area contributed by atoms with Crippen LogP contribution in [0.1, 0.15) is 140 Å². The lowest BCUT2D eigenvalue weighted by Gasteiger charge is -2.45. The van der Waals surface area contributed by atoms with Crippen LogP contribution in [0.5, 0.6) is 0 Å². The van der Waals surface area contributed by atoms with Crippen molar-refractivity contribution < 1.29 is 9.53 Å². The van der Waals surface area contributed by atoms with Gasteiger partial charge in [0.15, 0.2) is 0 Å². The van der Waals surface area contributed by atoms with Gasteiger partial charge in [0.05, 0.1) is 12.7 Å². The molecular weight excluding hydrogens is 576 g/mol. The van der Waals surface area contributed by atoms with E-state index >= 15 is 0 Å². The number of carbonyl (C=O) groups is 1. The van der Waals surface area contributed by atoms with Crippen LogP contribution in [-0.4, -0.2) is 21.7 Å². The third-order valence-corrected chi connectivity index (χ3v) is 10.7. The largest absolute Gasteiger partial charge is 0.465 e. The predicted octanol–water partition coefficient (Wildman–Crippen LogP) is 10.2. The van der Waals surface area contributed by atoms with Crippen LogP contribution >= 0.6 is 31.9 Å². The van der Waals surface area contributed by atoms with Crippen LogP contribution < -0.4 is 0 Å². The molecule has 2 saturated carbocycles. The molecule has 0 bridgehead atoms. The van der Waals surface area contributed by atoms with Gasteiger partial charge in [-0.1, -0.05) is 92.5 Å². The first-order valence-electron chi connectivity index (χ1n) is 14.1. The summed E-state index contributed by atoms with van der Waals surface area (Å²) >= 11 is 8.12. The first-order chi connectivity index (χ1) is 16.5. The quantitative estimate of drug-likeness (QED) is 0.240. The molecule has 36 heavy (non-hydrogen) atoms. The average Bonchev–Trinajstić information content (AvgIpc) is 2.75. The fourth-order valence-corrected chi connectivity index (χ4v) is 8.24. The number of hydrogen-bond acceptors (Lipinski definition) is 2. The molecule has 2 aliphatic carbocycles. The molecule has 0 spiro atoms. The second-order valence-corrected chi connectivity index (χ2v) is 17.9. The molecule has 6 unspecified atom stereocenters. The van der Waals surface area contributed by atoms with E-state index in [0.29, 0.717) is 35.5 Å². The fourth-order valence-electron chi connectivity index (χ4n) is 7.08. The summed E-state index contributed by atoms with van der Waals surface area (Å²) in [4.78, 5) is 13.7. The summed E-state index contributed by atoms with van der Waals surface area (Å²) in [6.07, 6.45) is 6.79. The van der Waals surface area contributed by atoms with Gasteiger partial charge in [0.1, 0.15) is 0 Å². The van der Waals surface area contributed by atoms with Crippen molar-refractivity contribution in [2.75, 3.05) is 7.11 Å². The van der Waals surface area contributed by atoms with Crippen molar-refractivity contribution >= 4 is 37.8 Å². The van der Waals surface area contributed by atoms with E-state index in [1.165, 1.54) is 42.4 Å². The summed E-state index contributed by atoms with van der Waals surface area (Å²) < 4.78 is 5.74. The first kappa shape index (κ1) is 30.2. The van der Waals surface area contributed by atoms with Gasteiger partial charge >= 0.3 is 5.97 Å². The highest BCUT2D eigenvalue weighted by molar-refractivity contribution is 9.10. The van der Waals surface area contributed by atoms with Crippen LogP contribution in [0.2, 0.25) is 0 Å². The highest BCUT2D eigenvalue weighted by Crippen LogP contribution is 2.54. The Morgan fingerprint density at radius 1 is 0.889 bits per heavy atom. The van der Waals surface area contributed by atoms with E-state index in [4.69, 9.17) is 4.74 Å². The Kier molecular flexibility index (Phi) is 9.25. The number of ether oxygens (including phenoxy) is 1. The predicted molar refractivity (Wildman–Crippen MR) is 161 cm³/mol. The number of hydrogen-bond donors (Lipinski definition) is 0. The Morgan fingerprint density at radius 3 is 1.58 bits per heavy atom. The lowest BCUT2D eigenvalue weighted by Crippen LogP contribution is -2.36. The van der Waals surface area contributed by atoms with Gasteiger partial charge in [0.25, 0.3) is 0 Å². The average molecular weight is 627 g/mol. The van der Waals surface area contributed by atoms with Gasteiger partial charge in [-0.05, 0) is 110 Å². The molecule has 2 fully saturated rings. The second-order valence-electron chi connectivity index (χ2n) is 14.1. The van der Waals surface area contributed by atoms with Crippen molar-refractivity contribution in [2.24, 2.45) is 23.7 Å². The SMILES string of the molecule is COC(=O)c1c(C2CC(C)(Br)CCC2C(C)C)cc(C(C)(C)C)cc1C1CC(C)(Br)CCC1C(C)C. The van der Waals surface area contributed by atoms with E-state index in [1.54, 1.807) is 7.11 Å². The molecular formula is C32H50Br2O2. The highest BCUT2D eigenvalue weighted by Gasteiger charge is 2.44. The summed E-state index contributed by atoms with van der Waals surface area (Å²) in [7, 11) is 1.55. The smallest absolute Gasteiger partial charge is 0.338 e. The van der Waals surface area contributed by atoms with Gasteiger partial charge in [-0.2, -0.15) is 0 Å². The zero-order valence-electron chi connectivity index (χ0n) is 24.4. The third kappa shape index (κ3) is 6.61. The maximum absolute atomic E-state index is 13.7. The van der Waals surface area contributed by atoms with Gasteiger partial charge in [0, 0.05) is 8.65 Å². The molecule has 0 aliphatic heterocycles. The first-order valence-corrected chi connectivity index (χ1v) is 15.7. The van der Waals surface area contributed by atoms with Crippen LogP contribution in [-0.2, 0) is 10.2 Å². The minimum Gasteiger partial charge on any atom is -0.465 e. The Morgan fingerprint density at radius 2 is 1.28 bits per heavy atom. The molecule has 0 N–H and O–H groups in total. The molecule has 3 rings (SSSR count). The normalized spacial score (nSPS) is 33.7. The van der Waals surface area contributed by atoms with Gasteiger partial charge in [-0.15, -0.1) is 0 Å². The van der Waals surface area contributed by atoms with Crippen molar-refractivity contribution in [1.82, 2.24) is 0 Å². The number of carbonyl (C=O) groups excluding carboxylic acids is 1. The Labute approximate surface area is 238 Å². The van der Waals surface area contributed by atoms with Crippen LogP contribution in [0.15, 0.2) is 12.1 Å². The van der Waals surface area contributed by atoms with Crippen molar-refractivity contribution in [3.63, 3.8) is 0 Å². The molecule has 6 atom stereocenters. The lowest BCUT2D eigenvalue weighted by atomic mass is 9.63. The van der Waals surface area contributed by atoms with E-state index in [0.717, 1.165) is 18.4 Å². The van der Waals surface area contributed by atoms with Gasteiger partial charge in [-0.25, -0.2) is 4.79 Å². The molecule has 1 aromatic rings. The molecule has 2 aliphatic rings. The van der Waals surface area contributed by atoms with Crippen LogP contribution in [0, 0.1) is 23.7 Å². The molecule has 0 radical (unpaired) electrons.